The van der Waals surface area contributed by atoms with Gasteiger partial charge in [0.1, 0.15) is 0 Å². The van der Waals surface area contributed by atoms with Crippen LogP contribution in [-0.2, 0) is 17.8 Å². The van der Waals surface area contributed by atoms with Gasteiger partial charge in [0.2, 0.25) is 12.7 Å². The molecule has 2 aliphatic heterocycles. The second-order valence-corrected chi connectivity index (χ2v) is 9.20. The number of rotatable bonds is 8. The minimum absolute atomic E-state index is 0.0978. The summed E-state index contributed by atoms with van der Waals surface area (Å²) in [7, 11) is 0. The van der Waals surface area contributed by atoms with Crippen LogP contribution < -0.4 is 25.0 Å². The summed E-state index contributed by atoms with van der Waals surface area (Å²) in [6.07, 6.45) is 2.95. The van der Waals surface area contributed by atoms with Crippen molar-refractivity contribution in [3.05, 3.63) is 89.5 Å². The molecular formula is C29H31N3O4. The SMILES string of the molecule is O=C(CCc1ccccc1)NC1CCN(c2ccccc2C(=O)NCc2ccc3c(c2)OCO3)CC1. The van der Waals surface area contributed by atoms with Crippen LogP contribution in [0.25, 0.3) is 0 Å². The van der Waals surface area contributed by atoms with Gasteiger partial charge in [-0.25, -0.2) is 0 Å². The highest BCUT2D eigenvalue weighted by molar-refractivity contribution is 5.99. The Kier molecular flexibility index (Phi) is 7.36. The number of nitrogens with zero attached hydrogens (tertiary/aromatic N) is 1. The summed E-state index contributed by atoms with van der Waals surface area (Å²) in [5.41, 5.74) is 3.71. The minimum Gasteiger partial charge on any atom is -0.454 e. The third-order valence-electron chi connectivity index (χ3n) is 6.72. The van der Waals surface area contributed by atoms with E-state index in [1.165, 1.54) is 5.56 Å². The zero-order valence-electron chi connectivity index (χ0n) is 20.2. The number of carbonyl (C=O) groups is 2. The molecule has 0 aliphatic carbocycles. The van der Waals surface area contributed by atoms with Gasteiger partial charge in [-0.2, -0.15) is 0 Å². The Labute approximate surface area is 211 Å². The van der Waals surface area contributed by atoms with Gasteiger partial charge in [0.25, 0.3) is 5.91 Å². The van der Waals surface area contributed by atoms with E-state index >= 15 is 0 Å². The summed E-state index contributed by atoms with van der Waals surface area (Å²) in [5.74, 6) is 1.42. The first kappa shape index (κ1) is 23.7. The van der Waals surface area contributed by atoms with Gasteiger partial charge in [0.15, 0.2) is 11.5 Å². The third-order valence-corrected chi connectivity index (χ3v) is 6.72. The van der Waals surface area contributed by atoms with Gasteiger partial charge in [-0.1, -0.05) is 48.5 Å². The number of amides is 2. The van der Waals surface area contributed by atoms with Crippen LogP contribution >= 0.6 is 0 Å². The summed E-state index contributed by atoms with van der Waals surface area (Å²) in [6, 6.07) is 23.6. The minimum atomic E-state index is -0.111. The lowest BCUT2D eigenvalue weighted by Gasteiger charge is -2.35. The molecule has 0 atom stereocenters. The zero-order chi connectivity index (χ0) is 24.7. The van der Waals surface area contributed by atoms with E-state index in [4.69, 9.17) is 9.47 Å². The highest BCUT2D eigenvalue weighted by Gasteiger charge is 2.24. The molecule has 3 aromatic carbocycles. The van der Waals surface area contributed by atoms with Gasteiger partial charge in [-0.05, 0) is 54.7 Å². The van der Waals surface area contributed by atoms with Gasteiger partial charge in [-0.3, -0.25) is 9.59 Å². The highest BCUT2D eigenvalue weighted by atomic mass is 16.7. The lowest BCUT2D eigenvalue weighted by atomic mass is 10.0. The maximum atomic E-state index is 13.1. The van der Waals surface area contributed by atoms with Crippen molar-refractivity contribution in [3.8, 4) is 11.5 Å². The van der Waals surface area contributed by atoms with Crippen molar-refractivity contribution in [2.75, 3.05) is 24.8 Å². The number of carbonyl (C=O) groups excluding carboxylic acids is 2. The lowest BCUT2D eigenvalue weighted by Crippen LogP contribution is -2.45. The third kappa shape index (κ3) is 5.79. The van der Waals surface area contributed by atoms with E-state index in [9.17, 15) is 9.59 Å². The average molecular weight is 486 g/mol. The maximum absolute atomic E-state index is 13.1. The number of para-hydroxylation sites is 1. The van der Waals surface area contributed by atoms with Crippen LogP contribution in [0.5, 0.6) is 11.5 Å². The van der Waals surface area contributed by atoms with E-state index in [0.717, 1.165) is 49.4 Å². The Bertz CT molecular complexity index is 1210. The Morgan fingerprint density at radius 2 is 1.61 bits per heavy atom. The molecule has 0 unspecified atom stereocenters. The average Bonchev–Trinajstić information content (AvgIpc) is 3.40. The fraction of sp³-hybridized carbons (Fsp3) is 0.310. The van der Waals surface area contributed by atoms with Crippen LogP contribution in [0.2, 0.25) is 0 Å². The molecule has 0 aromatic heterocycles. The van der Waals surface area contributed by atoms with Crippen LogP contribution in [0.1, 0.15) is 40.7 Å². The van der Waals surface area contributed by atoms with Crippen molar-refractivity contribution < 1.29 is 19.1 Å². The van der Waals surface area contributed by atoms with Crippen LogP contribution in [0.15, 0.2) is 72.8 Å². The molecule has 1 fully saturated rings. The fourth-order valence-corrected chi connectivity index (χ4v) is 4.74. The highest BCUT2D eigenvalue weighted by Crippen LogP contribution is 2.32. The molecule has 3 aromatic rings. The van der Waals surface area contributed by atoms with Crippen LogP contribution in [0.4, 0.5) is 5.69 Å². The van der Waals surface area contributed by atoms with Crippen LogP contribution in [-0.4, -0.2) is 37.7 Å². The number of aryl methyl sites for hydroxylation is 1. The van der Waals surface area contributed by atoms with Crippen molar-refractivity contribution in [2.24, 2.45) is 0 Å². The predicted octanol–water partition coefficient (Wildman–Crippen LogP) is 4.06. The van der Waals surface area contributed by atoms with Crippen LogP contribution in [0.3, 0.4) is 0 Å². The van der Waals surface area contributed by atoms with Crippen molar-refractivity contribution in [2.45, 2.75) is 38.3 Å². The van der Waals surface area contributed by atoms with Crippen molar-refractivity contribution >= 4 is 17.5 Å². The summed E-state index contributed by atoms with van der Waals surface area (Å²) >= 11 is 0. The molecule has 5 rings (SSSR count). The van der Waals surface area contributed by atoms with E-state index < -0.39 is 0 Å². The fourth-order valence-electron chi connectivity index (χ4n) is 4.74. The molecule has 7 nitrogen and oxygen atoms in total. The Morgan fingerprint density at radius 1 is 0.861 bits per heavy atom. The van der Waals surface area contributed by atoms with E-state index in [1.807, 2.05) is 60.7 Å². The second kappa shape index (κ2) is 11.2. The van der Waals surface area contributed by atoms with Crippen LogP contribution in [0, 0.1) is 0 Å². The Hall–Kier alpha value is -4.00. The number of fused-ring (bicyclic) bond motifs is 1. The maximum Gasteiger partial charge on any atom is 0.253 e. The van der Waals surface area contributed by atoms with Gasteiger partial charge in [0.05, 0.1) is 5.56 Å². The molecule has 2 aliphatic rings. The monoisotopic (exact) mass is 485 g/mol. The molecule has 0 saturated carbocycles. The first-order valence-electron chi connectivity index (χ1n) is 12.5. The predicted molar refractivity (Wildman–Crippen MR) is 138 cm³/mol. The summed E-state index contributed by atoms with van der Waals surface area (Å²) in [5, 5.41) is 6.22. The number of nitrogens with one attached hydrogen (secondary N) is 2. The molecule has 0 bridgehead atoms. The Morgan fingerprint density at radius 3 is 2.44 bits per heavy atom. The summed E-state index contributed by atoms with van der Waals surface area (Å²) < 4.78 is 10.8. The van der Waals surface area contributed by atoms with E-state index in [0.29, 0.717) is 24.3 Å². The van der Waals surface area contributed by atoms with E-state index in [1.54, 1.807) is 0 Å². The molecule has 7 heteroatoms. The molecule has 2 N–H and O–H groups in total. The van der Waals surface area contributed by atoms with E-state index in [2.05, 4.69) is 27.7 Å². The van der Waals surface area contributed by atoms with Gasteiger partial charge in [0, 0.05) is 37.8 Å². The second-order valence-electron chi connectivity index (χ2n) is 9.20. The summed E-state index contributed by atoms with van der Waals surface area (Å²) in [4.78, 5) is 27.7. The molecule has 186 valence electrons. The molecule has 36 heavy (non-hydrogen) atoms. The van der Waals surface area contributed by atoms with Crippen molar-refractivity contribution in [1.29, 1.82) is 0 Å². The smallest absolute Gasteiger partial charge is 0.253 e. The number of piperidine rings is 1. The molecule has 2 amide bonds. The molecule has 0 radical (unpaired) electrons. The topological polar surface area (TPSA) is 79.9 Å². The number of hydrogen-bond donors (Lipinski definition) is 2. The van der Waals surface area contributed by atoms with Gasteiger partial charge < -0.3 is 25.0 Å². The normalized spacial score (nSPS) is 14.9. The standard InChI is InChI=1S/C29H31N3O4/c33-28(13-11-21-6-2-1-3-7-21)31-23-14-16-32(17-15-23)25-9-5-4-8-24(25)29(34)30-19-22-10-12-26-27(18-22)36-20-35-26/h1-10,12,18,23H,11,13-17,19-20H2,(H,30,34)(H,31,33). The number of anilines is 1. The van der Waals surface area contributed by atoms with Gasteiger partial charge >= 0.3 is 0 Å². The van der Waals surface area contributed by atoms with Crippen molar-refractivity contribution in [1.82, 2.24) is 10.6 Å². The Balaban J connectivity index is 1.12. The summed E-state index contributed by atoms with van der Waals surface area (Å²) in [6.45, 7) is 2.21. The number of benzene rings is 3. The largest absolute Gasteiger partial charge is 0.454 e. The zero-order valence-corrected chi connectivity index (χ0v) is 20.2. The number of ether oxygens (including phenoxy) is 2. The quantitative estimate of drug-likeness (QED) is 0.503. The molecular weight excluding hydrogens is 454 g/mol. The lowest BCUT2D eigenvalue weighted by molar-refractivity contribution is -0.121. The van der Waals surface area contributed by atoms with Crippen molar-refractivity contribution in [3.63, 3.8) is 0 Å². The molecule has 2 heterocycles. The first-order chi connectivity index (χ1) is 17.7. The molecule has 0 spiro atoms. The molecule has 1 saturated heterocycles. The van der Waals surface area contributed by atoms with Gasteiger partial charge in [-0.15, -0.1) is 0 Å². The first-order valence-corrected chi connectivity index (χ1v) is 12.5. The van der Waals surface area contributed by atoms with E-state index in [-0.39, 0.29) is 24.6 Å². The number of hydrogen-bond acceptors (Lipinski definition) is 5.